The maximum Gasteiger partial charge on any atom is 0.258 e. The molecular formula is C14H22N4O2. The lowest BCUT2D eigenvalue weighted by molar-refractivity contribution is -0.0166. The zero-order valence-electron chi connectivity index (χ0n) is 12.1. The number of aliphatic hydroxyl groups is 1. The molecule has 1 saturated heterocycles. The second kappa shape index (κ2) is 4.95. The van der Waals surface area contributed by atoms with Crippen molar-refractivity contribution in [1.82, 2.24) is 19.8 Å². The van der Waals surface area contributed by atoms with E-state index in [1.165, 1.54) is 0 Å². The SMILES string of the molecule is Cc1nc2c(c(=O)n1C)CN(CC1(O)CCCNC1)C2. The van der Waals surface area contributed by atoms with Crippen molar-refractivity contribution in [3.05, 3.63) is 27.4 Å². The number of β-amino-alcohol motifs (C(OH)–C–C–N with tert-alkyl or cyclic N) is 1. The van der Waals surface area contributed by atoms with E-state index in [-0.39, 0.29) is 5.56 Å². The number of aryl methyl sites for hydroxylation is 1. The first-order valence-corrected chi connectivity index (χ1v) is 7.19. The van der Waals surface area contributed by atoms with Crippen LogP contribution in [-0.2, 0) is 20.1 Å². The Morgan fingerprint density at radius 3 is 2.95 bits per heavy atom. The predicted octanol–water partition coefficient (Wildman–Crippen LogP) is -0.481. The lowest BCUT2D eigenvalue weighted by atomic mass is 9.94. The van der Waals surface area contributed by atoms with Crippen LogP contribution >= 0.6 is 0 Å². The van der Waals surface area contributed by atoms with Crippen molar-refractivity contribution in [2.45, 2.75) is 38.5 Å². The van der Waals surface area contributed by atoms with Crippen molar-refractivity contribution in [2.24, 2.45) is 7.05 Å². The fourth-order valence-electron chi connectivity index (χ4n) is 3.21. The Labute approximate surface area is 118 Å². The minimum atomic E-state index is -0.680. The van der Waals surface area contributed by atoms with Crippen molar-refractivity contribution in [1.29, 1.82) is 0 Å². The zero-order chi connectivity index (χ0) is 14.3. The Balaban J connectivity index is 1.77. The smallest absolute Gasteiger partial charge is 0.258 e. The molecule has 0 aliphatic carbocycles. The summed E-state index contributed by atoms with van der Waals surface area (Å²) in [6.07, 6.45) is 1.81. The highest BCUT2D eigenvalue weighted by atomic mass is 16.3. The van der Waals surface area contributed by atoms with Gasteiger partial charge in [0.05, 0.1) is 16.9 Å². The summed E-state index contributed by atoms with van der Waals surface area (Å²) in [5.41, 5.74) is 1.02. The van der Waals surface area contributed by atoms with Gasteiger partial charge in [0.1, 0.15) is 5.82 Å². The summed E-state index contributed by atoms with van der Waals surface area (Å²) in [5.74, 6) is 0.744. The number of fused-ring (bicyclic) bond motifs is 1. The summed E-state index contributed by atoms with van der Waals surface area (Å²) in [6, 6.07) is 0. The van der Waals surface area contributed by atoms with Crippen LogP contribution in [0, 0.1) is 6.92 Å². The van der Waals surface area contributed by atoms with Gasteiger partial charge in [0, 0.05) is 33.2 Å². The Morgan fingerprint density at radius 1 is 1.45 bits per heavy atom. The number of nitrogens with zero attached hydrogens (tertiary/aromatic N) is 3. The van der Waals surface area contributed by atoms with Gasteiger partial charge in [0.15, 0.2) is 0 Å². The third kappa shape index (κ3) is 2.39. The fraction of sp³-hybridized carbons (Fsp3) is 0.714. The van der Waals surface area contributed by atoms with Gasteiger partial charge >= 0.3 is 0 Å². The van der Waals surface area contributed by atoms with Crippen LogP contribution in [0.3, 0.4) is 0 Å². The zero-order valence-corrected chi connectivity index (χ0v) is 12.1. The third-order valence-electron chi connectivity index (χ3n) is 4.42. The number of hydrogen-bond acceptors (Lipinski definition) is 5. The van der Waals surface area contributed by atoms with Crippen LogP contribution in [0.4, 0.5) is 0 Å². The highest BCUT2D eigenvalue weighted by Gasteiger charge is 2.34. The van der Waals surface area contributed by atoms with Gasteiger partial charge < -0.3 is 10.4 Å². The van der Waals surface area contributed by atoms with E-state index in [1.807, 2.05) is 6.92 Å². The minimum absolute atomic E-state index is 0.0451. The monoisotopic (exact) mass is 278 g/mol. The highest BCUT2D eigenvalue weighted by Crippen LogP contribution is 2.23. The lowest BCUT2D eigenvalue weighted by Crippen LogP contribution is -2.52. The van der Waals surface area contributed by atoms with Crippen LogP contribution in [-0.4, -0.2) is 44.8 Å². The molecular weight excluding hydrogens is 256 g/mol. The first-order valence-electron chi connectivity index (χ1n) is 7.19. The second-order valence-corrected chi connectivity index (χ2v) is 6.10. The Kier molecular flexibility index (Phi) is 3.40. The molecule has 1 unspecified atom stereocenters. The van der Waals surface area contributed by atoms with Crippen LogP contribution in [0.25, 0.3) is 0 Å². The number of nitrogens with one attached hydrogen (secondary N) is 1. The van der Waals surface area contributed by atoms with Gasteiger partial charge in [-0.3, -0.25) is 14.3 Å². The molecule has 0 bridgehead atoms. The standard InChI is InChI=1S/C14H22N4O2/c1-10-16-12-7-18(6-11(12)13(19)17(10)2)9-14(20)4-3-5-15-8-14/h15,20H,3-9H2,1-2H3. The van der Waals surface area contributed by atoms with Gasteiger partial charge in [0.25, 0.3) is 5.56 Å². The van der Waals surface area contributed by atoms with Gasteiger partial charge in [-0.2, -0.15) is 0 Å². The fourth-order valence-corrected chi connectivity index (χ4v) is 3.21. The molecule has 1 fully saturated rings. The minimum Gasteiger partial charge on any atom is -0.387 e. The second-order valence-electron chi connectivity index (χ2n) is 6.10. The molecule has 0 amide bonds. The van der Waals surface area contributed by atoms with Crippen LogP contribution in [0.15, 0.2) is 4.79 Å². The van der Waals surface area contributed by atoms with Gasteiger partial charge in [0.2, 0.25) is 0 Å². The molecule has 20 heavy (non-hydrogen) atoms. The third-order valence-corrected chi connectivity index (χ3v) is 4.42. The van der Waals surface area contributed by atoms with E-state index in [9.17, 15) is 9.90 Å². The number of aromatic nitrogens is 2. The topological polar surface area (TPSA) is 70.4 Å². The van der Waals surface area contributed by atoms with Crippen LogP contribution in [0.2, 0.25) is 0 Å². The van der Waals surface area contributed by atoms with E-state index in [0.717, 1.165) is 36.5 Å². The van der Waals surface area contributed by atoms with Crippen molar-refractivity contribution in [3.8, 4) is 0 Å². The van der Waals surface area contributed by atoms with E-state index < -0.39 is 5.60 Å². The number of piperidine rings is 1. The Bertz CT molecular complexity index is 575. The molecule has 2 N–H and O–H groups in total. The van der Waals surface area contributed by atoms with Gasteiger partial charge in [-0.25, -0.2) is 4.98 Å². The summed E-state index contributed by atoms with van der Waals surface area (Å²) in [5, 5.41) is 13.8. The quantitative estimate of drug-likeness (QED) is 0.764. The highest BCUT2D eigenvalue weighted by molar-refractivity contribution is 5.23. The largest absolute Gasteiger partial charge is 0.387 e. The number of rotatable bonds is 2. The van der Waals surface area contributed by atoms with E-state index >= 15 is 0 Å². The van der Waals surface area contributed by atoms with Gasteiger partial charge in [-0.15, -0.1) is 0 Å². The molecule has 110 valence electrons. The Hall–Kier alpha value is -1.24. The predicted molar refractivity (Wildman–Crippen MR) is 75.4 cm³/mol. The summed E-state index contributed by atoms with van der Waals surface area (Å²) >= 11 is 0. The van der Waals surface area contributed by atoms with Crippen molar-refractivity contribution < 1.29 is 5.11 Å². The normalized spacial score (nSPS) is 26.8. The van der Waals surface area contributed by atoms with E-state index in [2.05, 4.69) is 15.2 Å². The Morgan fingerprint density at radius 2 is 2.25 bits per heavy atom. The lowest BCUT2D eigenvalue weighted by Gasteiger charge is -2.35. The van der Waals surface area contributed by atoms with Gasteiger partial charge in [-0.1, -0.05) is 0 Å². The molecule has 6 heteroatoms. The van der Waals surface area contributed by atoms with Crippen LogP contribution < -0.4 is 10.9 Å². The average Bonchev–Trinajstić information content (AvgIpc) is 2.79. The molecule has 1 aromatic rings. The first kappa shape index (κ1) is 13.7. The molecule has 0 saturated carbocycles. The van der Waals surface area contributed by atoms with Crippen LogP contribution in [0.5, 0.6) is 0 Å². The van der Waals surface area contributed by atoms with Crippen molar-refractivity contribution >= 4 is 0 Å². The summed E-state index contributed by atoms with van der Waals surface area (Å²) in [6.45, 7) is 5.31. The summed E-state index contributed by atoms with van der Waals surface area (Å²) in [4.78, 5) is 18.9. The molecule has 3 rings (SSSR count). The molecule has 2 aliphatic rings. The van der Waals surface area contributed by atoms with Gasteiger partial charge in [-0.05, 0) is 26.3 Å². The van der Waals surface area contributed by atoms with Crippen molar-refractivity contribution in [2.75, 3.05) is 19.6 Å². The molecule has 0 aromatic carbocycles. The average molecular weight is 278 g/mol. The van der Waals surface area contributed by atoms with E-state index in [0.29, 0.717) is 26.2 Å². The van der Waals surface area contributed by atoms with Crippen molar-refractivity contribution in [3.63, 3.8) is 0 Å². The number of hydrogen-bond donors (Lipinski definition) is 2. The molecule has 2 aliphatic heterocycles. The molecule has 6 nitrogen and oxygen atoms in total. The molecule has 0 spiro atoms. The van der Waals surface area contributed by atoms with E-state index in [1.54, 1.807) is 11.6 Å². The molecule has 0 radical (unpaired) electrons. The molecule has 3 heterocycles. The summed E-state index contributed by atoms with van der Waals surface area (Å²) < 4.78 is 1.60. The van der Waals surface area contributed by atoms with E-state index in [4.69, 9.17) is 0 Å². The molecule has 1 atom stereocenters. The van der Waals surface area contributed by atoms with Crippen LogP contribution in [0.1, 0.15) is 29.9 Å². The molecule has 1 aromatic heterocycles. The summed E-state index contributed by atoms with van der Waals surface area (Å²) in [7, 11) is 1.76. The maximum absolute atomic E-state index is 12.2. The maximum atomic E-state index is 12.2. The first-order chi connectivity index (χ1) is 9.48.